The summed E-state index contributed by atoms with van der Waals surface area (Å²) in [4.78, 5) is 44.4. The number of carboxylic acid groups (broad SMARTS) is 4. The van der Waals surface area contributed by atoms with Crippen molar-refractivity contribution in [3.8, 4) is 0 Å². The van der Waals surface area contributed by atoms with Gasteiger partial charge in [-0.1, -0.05) is 0 Å². The molecule has 0 heterocycles. The van der Waals surface area contributed by atoms with E-state index < -0.39 is 50.1 Å². The van der Waals surface area contributed by atoms with Crippen LogP contribution in [0.3, 0.4) is 0 Å². The van der Waals surface area contributed by atoms with Gasteiger partial charge in [0.25, 0.3) is 0 Å². The molecule has 0 aromatic heterocycles. The molecule has 0 aliphatic heterocycles. The predicted molar refractivity (Wildman–Crippen MR) is 73.4 cm³/mol. The second-order valence-electron chi connectivity index (χ2n) is 4.00. The van der Waals surface area contributed by atoms with E-state index in [0.717, 1.165) is 9.80 Å². The van der Waals surface area contributed by atoms with Crippen LogP contribution in [-0.4, -0.2) is 118 Å². The molecule has 0 radical (unpaired) electrons. The molecule has 0 spiro atoms. The third-order valence-electron chi connectivity index (χ3n) is 2.17. The van der Waals surface area contributed by atoms with Gasteiger partial charge in [-0.05, 0) is 0 Å². The van der Waals surface area contributed by atoms with E-state index in [1.54, 1.807) is 0 Å². The van der Waals surface area contributed by atoms with Gasteiger partial charge in [0.2, 0.25) is 0 Å². The number of carbonyl (C=O) groups is 4. The number of hydrogen-bond acceptors (Lipinski definition) is 6. The van der Waals surface area contributed by atoms with E-state index in [4.69, 9.17) is 20.4 Å². The van der Waals surface area contributed by atoms with Crippen LogP contribution in [-0.2, 0) is 19.2 Å². The molecule has 0 unspecified atom stereocenters. The Morgan fingerprint density at radius 1 is 0.571 bits per heavy atom. The molecule has 0 fully saturated rings. The zero-order chi connectivity index (χ0) is 15.7. The van der Waals surface area contributed by atoms with E-state index in [-0.39, 0.29) is 37.5 Å². The van der Waals surface area contributed by atoms with Crippen LogP contribution in [0.1, 0.15) is 0 Å². The summed E-state index contributed by atoms with van der Waals surface area (Å²) in [6.45, 7) is -2.25. The van der Waals surface area contributed by atoms with Crippen molar-refractivity contribution < 1.29 is 39.6 Å². The molecule has 0 aromatic rings. The Morgan fingerprint density at radius 3 is 0.905 bits per heavy atom. The Balaban J connectivity index is 0. The van der Waals surface area contributed by atoms with Crippen LogP contribution in [0.2, 0.25) is 0 Å². The van der Waals surface area contributed by atoms with Gasteiger partial charge in [0.15, 0.2) is 0 Å². The number of hydrogen-bond donors (Lipinski definition) is 4. The summed E-state index contributed by atoms with van der Waals surface area (Å²) in [5, 5.41) is 34.5. The fourth-order valence-corrected chi connectivity index (χ4v) is 1.48. The van der Waals surface area contributed by atoms with Crippen LogP contribution in [0.4, 0.5) is 0 Å². The standard InChI is InChI=1S/C10H16N2O8.Sb.3H/c13-7(14)3-11(4-8(15)16)1-2-12(5-9(17)18)6-10(19)20;;;;/h1-6H2,(H,13,14)(H,15,16)(H,17,18)(H,19,20);;;;. The second-order valence-corrected chi connectivity index (χ2v) is 4.00. The molecular weight excluding hydrogens is 398 g/mol. The quantitative estimate of drug-likeness (QED) is 0.252. The number of rotatable bonds is 11. The van der Waals surface area contributed by atoms with Crippen molar-refractivity contribution in [1.82, 2.24) is 9.80 Å². The van der Waals surface area contributed by atoms with Gasteiger partial charge in [-0.2, -0.15) is 0 Å². The summed E-state index contributed by atoms with van der Waals surface area (Å²) < 4.78 is 0. The van der Waals surface area contributed by atoms with Crippen LogP contribution in [0.25, 0.3) is 0 Å². The molecule has 0 amide bonds. The first-order valence-corrected chi connectivity index (χ1v) is 5.52. The first-order chi connectivity index (χ1) is 9.20. The summed E-state index contributed by atoms with van der Waals surface area (Å²) in [5.74, 6) is -4.91. The van der Waals surface area contributed by atoms with E-state index in [2.05, 4.69) is 0 Å². The van der Waals surface area contributed by atoms with E-state index in [1.165, 1.54) is 0 Å². The Morgan fingerprint density at radius 2 is 0.762 bits per heavy atom. The third-order valence-corrected chi connectivity index (χ3v) is 2.17. The molecule has 11 heteroatoms. The molecule has 0 aliphatic carbocycles. The molecule has 0 aliphatic rings. The van der Waals surface area contributed by atoms with Gasteiger partial charge < -0.3 is 20.4 Å². The van der Waals surface area contributed by atoms with Crippen LogP contribution in [0, 0.1) is 0 Å². The molecule has 0 saturated heterocycles. The van der Waals surface area contributed by atoms with Gasteiger partial charge in [0.05, 0.1) is 26.2 Å². The maximum absolute atomic E-state index is 10.6. The molecule has 0 aromatic carbocycles. The van der Waals surface area contributed by atoms with Crippen LogP contribution in [0.5, 0.6) is 0 Å². The number of carboxylic acids is 4. The predicted octanol–water partition coefficient (Wildman–Crippen LogP) is -3.26. The topological polar surface area (TPSA) is 156 Å². The van der Waals surface area contributed by atoms with Gasteiger partial charge in [-0.3, -0.25) is 29.0 Å². The van der Waals surface area contributed by atoms with Crippen molar-refractivity contribution in [3.63, 3.8) is 0 Å². The molecule has 122 valence electrons. The normalized spacial score (nSPS) is 10.2. The van der Waals surface area contributed by atoms with Crippen molar-refractivity contribution in [1.29, 1.82) is 0 Å². The molecule has 10 nitrogen and oxygen atoms in total. The fraction of sp³-hybridized carbons (Fsp3) is 0.600. The van der Waals surface area contributed by atoms with Crippen LogP contribution < -0.4 is 0 Å². The van der Waals surface area contributed by atoms with Gasteiger partial charge in [-0.15, -0.1) is 0 Å². The van der Waals surface area contributed by atoms with Crippen LogP contribution >= 0.6 is 0 Å². The minimum atomic E-state index is -1.23. The van der Waals surface area contributed by atoms with Crippen molar-refractivity contribution in [3.05, 3.63) is 0 Å². The van der Waals surface area contributed by atoms with Crippen LogP contribution in [0.15, 0.2) is 0 Å². The molecular formula is C10H19N2O8Sb. The molecule has 0 bridgehead atoms. The summed E-state index contributed by atoms with van der Waals surface area (Å²) in [7, 11) is 0. The van der Waals surface area contributed by atoms with E-state index in [1.807, 2.05) is 0 Å². The van der Waals surface area contributed by atoms with E-state index in [9.17, 15) is 19.2 Å². The average molecular weight is 417 g/mol. The zero-order valence-electron chi connectivity index (χ0n) is 11.3. The summed E-state index contributed by atoms with van der Waals surface area (Å²) in [5.41, 5.74) is 0. The molecule has 4 N–H and O–H groups in total. The van der Waals surface area contributed by atoms with E-state index >= 15 is 0 Å². The summed E-state index contributed by atoms with van der Waals surface area (Å²) in [6, 6.07) is 0. The Kier molecular flexibility index (Phi) is 11.8. The summed E-state index contributed by atoms with van der Waals surface area (Å²) >= 11 is 0. The van der Waals surface area contributed by atoms with Gasteiger partial charge in [0, 0.05) is 13.1 Å². The van der Waals surface area contributed by atoms with Gasteiger partial charge in [0.1, 0.15) is 0 Å². The molecule has 0 atom stereocenters. The van der Waals surface area contributed by atoms with Gasteiger partial charge in [-0.25, -0.2) is 0 Å². The first-order valence-electron chi connectivity index (χ1n) is 5.52. The fourth-order valence-electron chi connectivity index (χ4n) is 1.48. The second kappa shape index (κ2) is 11.3. The van der Waals surface area contributed by atoms with Crippen molar-refractivity contribution >= 4 is 48.3 Å². The zero-order valence-corrected chi connectivity index (χ0v) is 15.3. The SMILES string of the molecule is O=C(O)CN(CCN(CC(=O)O)CC(=O)O)CC(=O)O.[SbH3]. The van der Waals surface area contributed by atoms with Crippen molar-refractivity contribution in [2.75, 3.05) is 39.3 Å². The maximum atomic E-state index is 10.6. The van der Waals surface area contributed by atoms with Crippen molar-refractivity contribution in [2.24, 2.45) is 0 Å². The minimum absolute atomic E-state index is 0. The van der Waals surface area contributed by atoms with E-state index in [0.29, 0.717) is 0 Å². The Labute approximate surface area is 137 Å². The molecule has 0 rings (SSSR count). The third kappa shape index (κ3) is 13.4. The Bertz CT molecular complexity index is 321. The summed E-state index contributed by atoms with van der Waals surface area (Å²) in [6.07, 6.45) is 0. The Hall–Kier alpha value is -1.38. The molecule has 0 saturated carbocycles. The molecule has 21 heavy (non-hydrogen) atoms. The average Bonchev–Trinajstić information content (AvgIpc) is 2.22. The monoisotopic (exact) mass is 416 g/mol. The number of aliphatic carboxylic acids is 4. The van der Waals surface area contributed by atoms with Gasteiger partial charge >= 0.3 is 48.3 Å². The first kappa shape index (κ1) is 21.9. The van der Waals surface area contributed by atoms with Crippen molar-refractivity contribution in [2.45, 2.75) is 0 Å². The number of nitrogens with zero attached hydrogens (tertiary/aromatic N) is 2.